The number of phenols is 1. The quantitative estimate of drug-likeness (QED) is 0.255. The van der Waals surface area contributed by atoms with E-state index in [9.17, 15) is 14.2 Å². The van der Waals surface area contributed by atoms with Gasteiger partial charge in [0.25, 0.3) is 0 Å². The highest BCUT2D eigenvalue weighted by atomic mass is 31.2. The number of benzene rings is 1. The SMILES string of the molecule is CCOP(=O)(OCC)C(CC)(Cc1cc(C(C)(C)C)c(O)c(C(C)(C)C)c1)P(=O)(OCC)OCC. The second kappa shape index (κ2) is 12.2. The summed E-state index contributed by atoms with van der Waals surface area (Å²) < 4.78 is 52.2. The predicted molar refractivity (Wildman–Crippen MR) is 144 cm³/mol. The Balaban J connectivity index is 4.09. The summed E-state index contributed by atoms with van der Waals surface area (Å²) in [5.41, 5.74) is 1.56. The van der Waals surface area contributed by atoms with Gasteiger partial charge in [0.15, 0.2) is 4.90 Å². The smallest absolute Gasteiger partial charge is 0.349 e. The summed E-state index contributed by atoms with van der Waals surface area (Å²) in [4.78, 5) is -1.57. The first-order valence-corrected chi connectivity index (χ1v) is 15.8. The summed E-state index contributed by atoms with van der Waals surface area (Å²) in [6.07, 6.45) is 0.253. The zero-order valence-electron chi connectivity index (χ0n) is 23.7. The second-order valence-electron chi connectivity index (χ2n) is 10.7. The van der Waals surface area contributed by atoms with Crippen LogP contribution in [0.1, 0.15) is 99.3 Å². The van der Waals surface area contributed by atoms with E-state index < -0.39 is 20.1 Å². The number of hydrogen-bond donors (Lipinski definition) is 1. The first-order valence-electron chi connectivity index (χ1n) is 12.7. The molecule has 0 aliphatic carbocycles. The molecule has 1 N–H and O–H groups in total. The minimum Gasteiger partial charge on any atom is -0.507 e. The van der Waals surface area contributed by atoms with Crippen LogP contribution in [0.25, 0.3) is 0 Å². The van der Waals surface area contributed by atoms with Crippen LogP contribution in [0, 0.1) is 0 Å². The molecule has 1 aromatic carbocycles. The summed E-state index contributed by atoms with van der Waals surface area (Å²) in [5, 5.41) is 11.2. The van der Waals surface area contributed by atoms with Crippen LogP contribution in [0.4, 0.5) is 0 Å². The molecule has 0 saturated heterocycles. The lowest BCUT2D eigenvalue weighted by Crippen LogP contribution is -2.35. The Bertz CT molecular complexity index is 844. The highest BCUT2D eigenvalue weighted by Crippen LogP contribution is 2.80. The van der Waals surface area contributed by atoms with E-state index in [1.807, 2.05) is 60.6 Å². The van der Waals surface area contributed by atoms with Crippen molar-refractivity contribution in [3.63, 3.8) is 0 Å². The molecule has 0 atom stereocenters. The number of hydrogen-bond acceptors (Lipinski definition) is 7. The second-order valence-corrected chi connectivity index (χ2v) is 15.8. The molecule has 35 heavy (non-hydrogen) atoms. The van der Waals surface area contributed by atoms with Crippen molar-refractivity contribution in [3.8, 4) is 5.75 Å². The van der Waals surface area contributed by atoms with Gasteiger partial charge in [0.2, 0.25) is 0 Å². The van der Waals surface area contributed by atoms with E-state index in [4.69, 9.17) is 18.1 Å². The zero-order chi connectivity index (χ0) is 27.3. The number of phenolic OH excluding ortho intramolecular Hbond substituents is 1. The van der Waals surface area contributed by atoms with E-state index in [1.165, 1.54) is 0 Å². The average Bonchev–Trinajstić information content (AvgIpc) is 2.71. The van der Waals surface area contributed by atoms with Crippen molar-refractivity contribution >= 4 is 15.2 Å². The van der Waals surface area contributed by atoms with Gasteiger partial charge in [-0.2, -0.15) is 0 Å². The van der Waals surface area contributed by atoms with Crippen LogP contribution in [0.5, 0.6) is 5.75 Å². The zero-order valence-corrected chi connectivity index (χ0v) is 25.5. The molecule has 0 amide bonds. The van der Waals surface area contributed by atoms with Crippen LogP contribution in [0.15, 0.2) is 12.1 Å². The molecule has 0 radical (unpaired) electrons. The fraction of sp³-hybridized carbons (Fsp3) is 0.769. The molecule has 7 nitrogen and oxygen atoms in total. The van der Waals surface area contributed by atoms with E-state index >= 15 is 0 Å². The molecule has 0 aliphatic heterocycles. The molecule has 1 rings (SSSR count). The largest absolute Gasteiger partial charge is 0.507 e. The van der Waals surface area contributed by atoms with Crippen molar-refractivity contribution < 1.29 is 32.3 Å². The van der Waals surface area contributed by atoms with Crippen LogP contribution in [0.2, 0.25) is 0 Å². The first-order chi connectivity index (χ1) is 16.0. The minimum absolute atomic E-state index is 0.0739. The molecule has 204 valence electrons. The van der Waals surface area contributed by atoms with Gasteiger partial charge in [0.05, 0.1) is 26.4 Å². The highest BCUT2D eigenvalue weighted by molar-refractivity contribution is 7.74. The minimum atomic E-state index is -4.01. The van der Waals surface area contributed by atoms with Gasteiger partial charge in [0.1, 0.15) is 5.75 Å². The Hall–Kier alpha value is -0.680. The third kappa shape index (κ3) is 6.80. The summed E-state index contributed by atoms with van der Waals surface area (Å²) in [5.74, 6) is 0.242. The standard InChI is InChI=1S/C26H48O7P2/c1-12-26(34(28,30-13-2)31-14-3,35(29,32-15-4)33-16-5)19-20-17-21(24(6,7)8)23(27)22(18-20)25(9,10)11/h17-18,27H,12-16,19H2,1-11H3. The van der Waals surface area contributed by atoms with Crippen molar-refractivity contribution in [2.45, 2.75) is 105 Å². The van der Waals surface area contributed by atoms with Gasteiger partial charge >= 0.3 is 15.2 Å². The average molecular weight is 535 g/mol. The van der Waals surface area contributed by atoms with Gasteiger partial charge in [-0.25, -0.2) is 0 Å². The van der Waals surface area contributed by atoms with Crippen molar-refractivity contribution in [1.29, 1.82) is 0 Å². The van der Waals surface area contributed by atoms with Crippen LogP contribution < -0.4 is 0 Å². The molecular formula is C26H48O7P2. The maximum atomic E-state index is 14.5. The van der Waals surface area contributed by atoms with Crippen LogP contribution >= 0.6 is 15.2 Å². The molecule has 0 bridgehead atoms. The van der Waals surface area contributed by atoms with Crippen molar-refractivity contribution in [1.82, 2.24) is 0 Å². The predicted octanol–water partition coefficient (Wildman–Crippen LogP) is 8.17. The van der Waals surface area contributed by atoms with Crippen molar-refractivity contribution in [2.24, 2.45) is 0 Å². The Morgan fingerprint density at radius 1 is 0.686 bits per heavy atom. The maximum Gasteiger partial charge on any atom is 0.349 e. The summed E-state index contributed by atoms with van der Waals surface area (Å²) in [7, 11) is -8.01. The van der Waals surface area contributed by atoms with Gasteiger partial charge in [-0.3, -0.25) is 9.13 Å². The lowest BCUT2D eigenvalue weighted by Gasteiger charge is -2.42. The molecule has 1 aromatic rings. The van der Waals surface area contributed by atoms with Gasteiger partial charge in [0, 0.05) is 6.42 Å². The third-order valence-corrected chi connectivity index (χ3v) is 12.9. The van der Waals surface area contributed by atoms with Crippen molar-refractivity contribution in [3.05, 3.63) is 28.8 Å². The lowest BCUT2D eigenvalue weighted by molar-refractivity contribution is 0.175. The van der Waals surface area contributed by atoms with E-state index in [1.54, 1.807) is 27.7 Å². The molecule has 0 heterocycles. The van der Waals surface area contributed by atoms with E-state index in [0.29, 0.717) is 0 Å². The third-order valence-electron chi connectivity index (χ3n) is 6.05. The van der Waals surface area contributed by atoms with E-state index in [2.05, 4.69) is 0 Å². The molecule has 0 aromatic heterocycles. The maximum absolute atomic E-state index is 14.5. The molecule has 0 aliphatic rings. The normalized spacial score (nSPS) is 13.9. The number of rotatable bonds is 13. The van der Waals surface area contributed by atoms with Crippen LogP contribution in [0.3, 0.4) is 0 Å². The molecule has 9 heteroatoms. The fourth-order valence-electron chi connectivity index (χ4n) is 4.36. The van der Waals surface area contributed by atoms with E-state index in [0.717, 1.165) is 16.7 Å². The summed E-state index contributed by atoms with van der Waals surface area (Å²) in [6, 6.07) is 3.80. The van der Waals surface area contributed by atoms with Gasteiger partial charge in [-0.05, 0) is 61.6 Å². The fourth-order valence-corrected chi connectivity index (χ4v) is 10.2. The van der Waals surface area contributed by atoms with Crippen LogP contribution in [-0.4, -0.2) is 36.4 Å². The first kappa shape index (κ1) is 32.3. The molecule has 0 unspecified atom stereocenters. The van der Waals surface area contributed by atoms with Gasteiger partial charge in [-0.1, -0.05) is 60.6 Å². The Morgan fingerprint density at radius 2 is 1.00 bits per heavy atom. The summed E-state index contributed by atoms with van der Waals surface area (Å²) >= 11 is 0. The summed E-state index contributed by atoms with van der Waals surface area (Å²) in [6.45, 7) is 21.4. The molecule has 0 spiro atoms. The van der Waals surface area contributed by atoms with Crippen LogP contribution in [-0.2, 0) is 44.5 Å². The molecule has 0 saturated carbocycles. The number of aromatic hydroxyl groups is 1. The monoisotopic (exact) mass is 534 g/mol. The Kier molecular flexibility index (Phi) is 11.3. The topological polar surface area (TPSA) is 91.3 Å². The Morgan fingerprint density at radius 3 is 1.23 bits per heavy atom. The highest BCUT2D eigenvalue weighted by Gasteiger charge is 2.64. The van der Waals surface area contributed by atoms with Crippen molar-refractivity contribution in [2.75, 3.05) is 26.4 Å². The van der Waals surface area contributed by atoms with Gasteiger partial charge < -0.3 is 23.2 Å². The Labute approximate surface area is 213 Å². The molecule has 0 fully saturated rings. The molecular weight excluding hydrogens is 486 g/mol. The van der Waals surface area contributed by atoms with E-state index in [-0.39, 0.29) is 55.8 Å². The van der Waals surface area contributed by atoms with Gasteiger partial charge in [-0.15, -0.1) is 0 Å². The lowest BCUT2D eigenvalue weighted by atomic mass is 9.78.